The van der Waals surface area contributed by atoms with E-state index in [4.69, 9.17) is 9.47 Å². The minimum absolute atomic E-state index is 0.121. The number of halogens is 6. The van der Waals surface area contributed by atoms with Gasteiger partial charge in [0.2, 0.25) is 0 Å². The Hall–Kier alpha value is -2.38. The zero-order valence-corrected chi connectivity index (χ0v) is 20.3. The summed E-state index contributed by atoms with van der Waals surface area (Å²) in [5.41, 5.74) is 1.55. The summed E-state index contributed by atoms with van der Waals surface area (Å²) < 4.78 is 94.7. The van der Waals surface area contributed by atoms with E-state index in [1.165, 1.54) is 19.2 Å². The highest BCUT2D eigenvalue weighted by Crippen LogP contribution is 2.48. The molecule has 0 aliphatic heterocycles. The van der Waals surface area contributed by atoms with Gasteiger partial charge in [0.1, 0.15) is 11.5 Å². The fourth-order valence-corrected chi connectivity index (χ4v) is 3.70. The Balaban J connectivity index is 1.87. The predicted octanol–water partition coefficient (Wildman–Crippen LogP) is 9.18. The van der Waals surface area contributed by atoms with Crippen LogP contribution in [0.5, 0.6) is 11.5 Å². The summed E-state index contributed by atoms with van der Waals surface area (Å²) in [7, 11) is 1.53. The SMILES string of the molecule is CCCCCCCCCCC(F)(F)C(F)(F)C(F)(F)COc1ccc(-c2ccc(OC)cc2)cc1. The maximum Gasteiger partial charge on any atom is 0.375 e. The summed E-state index contributed by atoms with van der Waals surface area (Å²) in [6.07, 6.45) is 4.39. The molecule has 35 heavy (non-hydrogen) atoms. The molecule has 0 saturated carbocycles. The van der Waals surface area contributed by atoms with Crippen LogP contribution in [-0.4, -0.2) is 31.5 Å². The molecule has 0 N–H and O–H groups in total. The number of hydrogen-bond donors (Lipinski definition) is 0. The smallest absolute Gasteiger partial charge is 0.375 e. The van der Waals surface area contributed by atoms with Crippen LogP contribution in [-0.2, 0) is 0 Å². The number of alkyl halides is 6. The van der Waals surface area contributed by atoms with E-state index in [0.717, 1.165) is 43.2 Å². The van der Waals surface area contributed by atoms with E-state index in [2.05, 4.69) is 6.92 Å². The quantitative estimate of drug-likeness (QED) is 0.168. The summed E-state index contributed by atoms with van der Waals surface area (Å²) in [6.45, 7) is 0.220. The van der Waals surface area contributed by atoms with Gasteiger partial charge in [-0.3, -0.25) is 0 Å². The molecule has 0 unspecified atom stereocenters. The summed E-state index contributed by atoms with van der Waals surface area (Å²) >= 11 is 0. The Morgan fingerprint density at radius 1 is 0.600 bits per heavy atom. The summed E-state index contributed by atoms with van der Waals surface area (Å²) in [6, 6.07) is 12.8. The third-order valence-electron chi connectivity index (χ3n) is 5.96. The third-order valence-corrected chi connectivity index (χ3v) is 5.96. The first-order valence-corrected chi connectivity index (χ1v) is 12.0. The molecule has 0 spiro atoms. The zero-order chi connectivity index (χ0) is 26.0. The van der Waals surface area contributed by atoms with Gasteiger partial charge in [0.15, 0.2) is 6.61 Å². The molecule has 0 heterocycles. The van der Waals surface area contributed by atoms with Gasteiger partial charge in [-0.2, -0.15) is 26.3 Å². The van der Waals surface area contributed by atoms with Gasteiger partial charge in [-0.15, -0.1) is 0 Å². The van der Waals surface area contributed by atoms with E-state index in [0.29, 0.717) is 18.6 Å². The molecular weight excluding hydrogens is 470 g/mol. The van der Waals surface area contributed by atoms with Crippen molar-refractivity contribution in [3.8, 4) is 22.6 Å². The molecule has 2 aromatic rings. The first-order valence-electron chi connectivity index (χ1n) is 12.0. The molecule has 0 aromatic heterocycles. The van der Waals surface area contributed by atoms with Gasteiger partial charge in [-0.25, -0.2) is 0 Å². The van der Waals surface area contributed by atoms with Gasteiger partial charge >= 0.3 is 17.8 Å². The summed E-state index contributed by atoms with van der Waals surface area (Å²) in [5.74, 6) is -14.9. The lowest BCUT2D eigenvalue weighted by Crippen LogP contribution is -2.56. The summed E-state index contributed by atoms with van der Waals surface area (Å²) in [4.78, 5) is 0. The second-order valence-electron chi connectivity index (χ2n) is 8.75. The Kier molecular flexibility index (Phi) is 10.8. The van der Waals surface area contributed by atoms with Crippen molar-refractivity contribution in [2.24, 2.45) is 0 Å². The van der Waals surface area contributed by atoms with E-state index in [1.54, 1.807) is 36.4 Å². The molecule has 196 valence electrons. The first-order chi connectivity index (χ1) is 16.5. The van der Waals surface area contributed by atoms with E-state index >= 15 is 0 Å². The summed E-state index contributed by atoms with van der Waals surface area (Å²) in [5, 5.41) is 0. The number of unbranched alkanes of at least 4 members (excludes halogenated alkanes) is 7. The fourth-order valence-electron chi connectivity index (χ4n) is 3.70. The standard InChI is InChI=1S/C27H34F6O2/c1-3-4-5-6-7-8-9-10-19-25(28,29)27(32,33)26(30,31)20-35-24-17-13-22(14-18-24)21-11-15-23(34-2)16-12-21/h11-18H,3-10,19-20H2,1-2H3. The molecule has 8 heteroatoms. The number of benzene rings is 2. The molecule has 2 nitrogen and oxygen atoms in total. The van der Waals surface area contributed by atoms with Crippen molar-refractivity contribution in [3.05, 3.63) is 48.5 Å². The molecule has 0 atom stereocenters. The number of methoxy groups -OCH3 is 1. The number of ether oxygens (including phenoxy) is 2. The minimum Gasteiger partial charge on any atom is -0.497 e. The van der Waals surface area contributed by atoms with Gasteiger partial charge in [0.25, 0.3) is 0 Å². The Bertz CT molecular complexity index is 866. The lowest BCUT2D eigenvalue weighted by Gasteiger charge is -2.32. The number of rotatable bonds is 16. The van der Waals surface area contributed by atoms with Gasteiger partial charge in [-0.1, -0.05) is 76.1 Å². The number of hydrogen-bond acceptors (Lipinski definition) is 2. The van der Waals surface area contributed by atoms with Crippen LogP contribution in [0.1, 0.15) is 64.7 Å². The van der Waals surface area contributed by atoms with Crippen molar-refractivity contribution >= 4 is 0 Å². The van der Waals surface area contributed by atoms with Crippen LogP contribution in [0.2, 0.25) is 0 Å². The van der Waals surface area contributed by atoms with Crippen LogP contribution in [0.15, 0.2) is 48.5 Å². The topological polar surface area (TPSA) is 18.5 Å². The van der Waals surface area contributed by atoms with E-state index in [-0.39, 0.29) is 12.2 Å². The molecule has 0 fully saturated rings. The predicted molar refractivity (Wildman–Crippen MR) is 126 cm³/mol. The normalized spacial score (nSPS) is 12.6. The highest BCUT2D eigenvalue weighted by molar-refractivity contribution is 5.64. The highest BCUT2D eigenvalue weighted by atomic mass is 19.3. The molecule has 2 aromatic carbocycles. The molecular formula is C27H34F6O2. The minimum atomic E-state index is -5.52. The second-order valence-corrected chi connectivity index (χ2v) is 8.75. The van der Waals surface area contributed by atoms with E-state index in [1.807, 2.05) is 0 Å². The van der Waals surface area contributed by atoms with Crippen molar-refractivity contribution in [2.75, 3.05) is 13.7 Å². The van der Waals surface area contributed by atoms with Gasteiger partial charge in [0.05, 0.1) is 7.11 Å². The highest BCUT2D eigenvalue weighted by Gasteiger charge is 2.71. The third kappa shape index (κ3) is 8.07. The molecule has 2 rings (SSSR count). The van der Waals surface area contributed by atoms with Gasteiger partial charge < -0.3 is 9.47 Å². The Morgan fingerprint density at radius 2 is 1.06 bits per heavy atom. The van der Waals surface area contributed by atoms with Crippen molar-refractivity contribution in [1.29, 1.82) is 0 Å². The maximum atomic E-state index is 14.2. The van der Waals surface area contributed by atoms with Crippen LogP contribution >= 0.6 is 0 Å². The van der Waals surface area contributed by atoms with E-state index in [9.17, 15) is 26.3 Å². The molecule has 0 aliphatic carbocycles. The molecule has 0 saturated heterocycles. The van der Waals surface area contributed by atoms with Crippen LogP contribution < -0.4 is 9.47 Å². The second kappa shape index (κ2) is 13.1. The average Bonchev–Trinajstić information content (AvgIpc) is 2.84. The van der Waals surface area contributed by atoms with Crippen molar-refractivity contribution in [3.63, 3.8) is 0 Å². The monoisotopic (exact) mass is 504 g/mol. The molecule has 0 bridgehead atoms. The van der Waals surface area contributed by atoms with Crippen molar-refractivity contribution in [1.82, 2.24) is 0 Å². The van der Waals surface area contributed by atoms with Crippen molar-refractivity contribution < 1.29 is 35.8 Å². The van der Waals surface area contributed by atoms with Gasteiger partial charge in [0, 0.05) is 6.42 Å². The molecule has 0 aliphatic rings. The van der Waals surface area contributed by atoms with Crippen LogP contribution in [0.4, 0.5) is 26.3 Å². The average molecular weight is 505 g/mol. The first kappa shape index (κ1) is 28.9. The molecule has 0 amide bonds. The maximum absolute atomic E-state index is 14.2. The molecule has 0 radical (unpaired) electrons. The van der Waals surface area contributed by atoms with Crippen molar-refractivity contribution in [2.45, 2.75) is 82.5 Å². The zero-order valence-electron chi connectivity index (χ0n) is 20.3. The lowest BCUT2D eigenvalue weighted by atomic mass is 9.98. The van der Waals surface area contributed by atoms with Crippen LogP contribution in [0.3, 0.4) is 0 Å². The lowest BCUT2D eigenvalue weighted by molar-refractivity contribution is -0.316. The largest absolute Gasteiger partial charge is 0.497 e. The van der Waals surface area contributed by atoms with Crippen LogP contribution in [0.25, 0.3) is 11.1 Å². The fraction of sp³-hybridized carbons (Fsp3) is 0.556. The van der Waals surface area contributed by atoms with E-state index < -0.39 is 30.8 Å². The Morgan fingerprint density at radius 3 is 1.54 bits per heavy atom. The Labute approximate surface area is 203 Å². The van der Waals surface area contributed by atoms with Crippen LogP contribution in [0, 0.1) is 0 Å². The van der Waals surface area contributed by atoms with Gasteiger partial charge in [-0.05, 0) is 41.8 Å².